The number of rotatable bonds is 5. The van der Waals surface area contributed by atoms with Crippen molar-refractivity contribution in [1.29, 1.82) is 0 Å². The van der Waals surface area contributed by atoms with E-state index in [0.29, 0.717) is 31.8 Å². The molecule has 0 atom stereocenters. The Labute approximate surface area is 220 Å². The lowest BCUT2D eigenvalue weighted by Crippen LogP contribution is -2.35. The van der Waals surface area contributed by atoms with Crippen LogP contribution in [0.15, 0.2) is 60.7 Å². The second-order valence-corrected chi connectivity index (χ2v) is 8.92. The van der Waals surface area contributed by atoms with Crippen LogP contribution in [-0.2, 0) is 0 Å². The van der Waals surface area contributed by atoms with Gasteiger partial charge in [0.15, 0.2) is 11.6 Å². The standard InChI is InChI=1S/C16H9Cl2NO3.C8H5Cl3O/c17-9-5-6-12(13(18)7-9)14(20)8-19-15(21)10-3-1-2-4-11(10)16(19)22;9-4-8(12)6-2-1-5(10)3-7(6)11/h1-7H,8H2;1-3H,4H2. The number of carbonyl (C=O) groups excluding carboxylic acids is 4. The number of fused-ring (bicyclic) bond motifs is 1. The lowest BCUT2D eigenvalue weighted by atomic mass is 10.1. The predicted octanol–water partition coefficient (Wildman–Crippen LogP) is 6.89. The van der Waals surface area contributed by atoms with Crippen molar-refractivity contribution >= 4 is 81.4 Å². The molecule has 0 unspecified atom stereocenters. The van der Waals surface area contributed by atoms with Crippen LogP contribution in [0, 0.1) is 0 Å². The lowest BCUT2D eigenvalue weighted by Gasteiger charge is -2.13. The van der Waals surface area contributed by atoms with Crippen molar-refractivity contribution in [3.05, 3.63) is 103 Å². The third kappa shape index (κ3) is 5.80. The Morgan fingerprint density at radius 2 is 1.12 bits per heavy atom. The summed E-state index contributed by atoms with van der Waals surface area (Å²) < 4.78 is 0. The summed E-state index contributed by atoms with van der Waals surface area (Å²) in [5, 5.41) is 1.44. The van der Waals surface area contributed by atoms with Gasteiger partial charge in [-0.25, -0.2) is 0 Å². The maximum absolute atomic E-state index is 12.3. The lowest BCUT2D eigenvalue weighted by molar-refractivity contribution is 0.0624. The fraction of sp³-hybridized carbons (Fsp3) is 0.0833. The number of hydrogen-bond acceptors (Lipinski definition) is 4. The third-order valence-electron chi connectivity index (χ3n) is 4.76. The van der Waals surface area contributed by atoms with Crippen LogP contribution < -0.4 is 0 Å². The van der Waals surface area contributed by atoms with Crippen molar-refractivity contribution in [3.8, 4) is 0 Å². The fourth-order valence-corrected chi connectivity index (χ4v) is 4.29. The number of alkyl halides is 1. The van der Waals surface area contributed by atoms with Gasteiger partial charge in [-0.05, 0) is 48.5 Å². The molecule has 4 rings (SSSR count). The zero-order valence-corrected chi connectivity index (χ0v) is 20.9. The van der Waals surface area contributed by atoms with E-state index in [1.165, 1.54) is 24.3 Å². The normalized spacial score (nSPS) is 12.2. The van der Waals surface area contributed by atoms with E-state index in [1.54, 1.807) is 36.4 Å². The van der Waals surface area contributed by atoms with Gasteiger partial charge in [-0.2, -0.15) is 0 Å². The minimum Gasteiger partial charge on any atom is -0.293 e. The molecular weight excluding hydrogens is 544 g/mol. The first-order valence-corrected chi connectivity index (χ1v) is 11.7. The summed E-state index contributed by atoms with van der Waals surface area (Å²) in [5.41, 5.74) is 1.25. The molecule has 1 aliphatic rings. The maximum Gasteiger partial charge on any atom is 0.261 e. The first-order chi connectivity index (χ1) is 16.1. The molecule has 0 saturated carbocycles. The highest BCUT2D eigenvalue weighted by atomic mass is 35.5. The molecule has 0 aromatic heterocycles. The third-order valence-corrected chi connectivity index (χ3v) is 6.10. The molecule has 0 saturated heterocycles. The zero-order chi connectivity index (χ0) is 25.0. The molecule has 0 fully saturated rings. The van der Waals surface area contributed by atoms with Crippen LogP contribution in [0.25, 0.3) is 0 Å². The van der Waals surface area contributed by atoms with Crippen LogP contribution in [0.5, 0.6) is 0 Å². The maximum atomic E-state index is 12.3. The first-order valence-electron chi connectivity index (χ1n) is 9.61. The smallest absolute Gasteiger partial charge is 0.261 e. The minimum atomic E-state index is -0.473. The molecule has 0 N–H and O–H groups in total. The Bertz CT molecular complexity index is 1270. The highest BCUT2D eigenvalue weighted by molar-refractivity contribution is 6.39. The van der Waals surface area contributed by atoms with Gasteiger partial charge >= 0.3 is 0 Å². The van der Waals surface area contributed by atoms with Crippen molar-refractivity contribution in [3.63, 3.8) is 0 Å². The number of amides is 2. The van der Waals surface area contributed by atoms with Crippen LogP contribution in [-0.4, -0.2) is 40.7 Å². The second-order valence-electron chi connectivity index (χ2n) is 6.97. The van der Waals surface area contributed by atoms with E-state index in [9.17, 15) is 19.2 Å². The largest absolute Gasteiger partial charge is 0.293 e. The molecule has 0 aliphatic carbocycles. The monoisotopic (exact) mass is 555 g/mol. The van der Waals surface area contributed by atoms with Crippen molar-refractivity contribution in [2.24, 2.45) is 0 Å². The summed E-state index contributed by atoms with van der Waals surface area (Å²) in [6, 6.07) is 15.6. The van der Waals surface area contributed by atoms with Crippen LogP contribution >= 0.6 is 58.0 Å². The number of benzene rings is 3. The molecule has 1 aliphatic heterocycles. The number of nitrogens with zero attached hydrogens (tertiary/aromatic N) is 1. The van der Waals surface area contributed by atoms with E-state index in [4.69, 9.17) is 58.0 Å². The van der Waals surface area contributed by atoms with Gasteiger partial charge in [0, 0.05) is 21.2 Å². The summed E-state index contributed by atoms with van der Waals surface area (Å²) in [6.07, 6.45) is 0. The quantitative estimate of drug-likeness (QED) is 0.195. The Morgan fingerprint density at radius 3 is 1.53 bits per heavy atom. The predicted molar refractivity (Wildman–Crippen MR) is 134 cm³/mol. The summed E-state index contributed by atoms with van der Waals surface area (Å²) in [6.45, 7) is -0.353. The summed E-state index contributed by atoms with van der Waals surface area (Å²) >= 11 is 28.5. The molecule has 174 valence electrons. The molecule has 10 heteroatoms. The summed E-state index contributed by atoms with van der Waals surface area (Å²) in [7, 11) is 0. The van der Waals surface area contributed by atoms with E-state index in [2.05, 4.69) is 0 Å². The molecule has 1 heterocycles. The van der Waals surface area contributed by atoms with Gasteiger partial charge in [0.05, 0.1) is 33.6 Å². The average molecular weight is 558 g/mol. The van der Waals surface area contributed by atoms with Gasteiger partial charge in [0.25, 0.3) is 11.8 Å². The number of ketones is 2. The minimum absolute atomic E-state index is 0.0681. The summed E-state index contributed by atoms with van der Waals surface area (Å²) in [4.78, 5) is 48.7. The van der Waals surface area contributed by atoms with Crippen LogP contribution in [0.4, 0.5) is 0 Å². The SMILES string of the molecule is O=C(CCl)c1ccc(Cl)cc1Cl.O=C(CN1C(=O)c2ccccc2C1=O)c1ccc(Cl)cc1Cl. The molecule has 34 heavy (non-hydrogen) atoms. The average Bonchev–Trinajstić information content (AvgIpc) is 3.04. The molecule has 0 radical (unpaired) electrons. The molecule has 3 aromatic carbocycles. The van der Waals surface area contributed by atoms with Crippen molar-refractivity contribution in [2.45, 2.75) is 0 Å². The number of hydrogen-bond donors (Lipinski definition) is 0. The Kier molecular flexibility index (Phi) is 8.74. The number of carbonyl (C=O) groups is 4. The van der Waals surface area contributed by atoms with E-state index in [1.807, 2.05) is 0 Å². The van der Waals surface area contributed by atoms with Crippen LogP contribution in [0.1, 0.15) is 41.4 Å². The summed E-state index contributed by atoms with van der Waals surface area (Å²) in [5.74, 6) is -1.63. The highest BCUT2D eigenvalue weighted by Gasteiger charge is 2.36. The van der Waals surface area contributed by atoms with Crippen LogP contribution in [0.3, 0.4) is 0 Å². The first kappa shape index (κ1) is 26.2. The zero-order valence-electron chi connectivity index (χ0n) is 17.2. The topological polar surface area (TPSA) is 71.5 Å². The molecular formula is C24H14Cl5NO4. The number of halogens is 5. The number of Topliss-reactive ketones (excluding diaryl/α,β-unsaturated/α-hetero) is 2. The van der Waals surface area contributed by atoms with Gasteiger partial charge in [0.2, 0.25) is 0 Å². The van der Waals surface area contributed by atoms with Crippen molar-refractivity contribution < 1.29 is 19.2 Å². The molecule has 0 bridgehead atoms. The molecule has 2 amide bonds. The van der Waals surface area contributed by atoms with E-state index in [-0.39, 0.29) is 28.8 Å². The van der Waals surface area contributed by atoms with E-state index in [0.717, 1.165) is 4.90 Å². The van der Waals surface area contributed by atoms with Crippen LogP contribution in [0.2, 0.25) is 20.1 Å². The van der Waals surface area contributed by atoms with Crippen molar-refractivity contribution in [2.75, 3.05) is 12.4 Å². The second kappa shape index (κ2) is 11.3. The van der Waals surface area contributed by atoms with Gasteiger partial charge in [0.1, 0.15) is 0 Å². The Hall–Kier alpha value is -2.41. The van der Waals surface area contributed by atoms with Gasteiger partial charge in [-0.3, -0.25) is 24.1 Å². The number of imide groups is 1. The highest BCUT2D eigenvalue weighted by Crippen LogP contribution is 2.25. The van der Waals surface area contributed by atoms with Crippen molar-refractivity contribution in [1.82, 2.24) is 4.90 Å². The van der Waals surface area contributed by atoms with Gasteiger partial charge in [-0.15, -0.1) is 11.6 Å². The molecule has 3 aromatic rings. The Balaban J connectivity index is 0.000000229. The van der Waals surface area contributed by atoms with E-state index < -0.39 is 17.6 Å². The van der Waals surface area contributed by atoms with Gasteiger partial charge < -0.3 is 0 Å². The fourth-order valence-electron chi connectivity index (χ4n) is 3.11. The van der Waals surface area contributed by atoms with E-state index >= 15 is 0 Å². The molecule has 0 spiro atoms. The van der Waals surface area contributed by atoms with Gasteiger partial charge in [-0.1, -0.05) is 58.5 Å². The Morgan fingerprint density at radius 1 is 0.676 bits per heavy atom. The molecule has 5 nitrogen and oxygen atoms in total.